The van der Waals surface area contributed by atoms with Gasteiger partial charge in [0, 0.05) is 18.0 Å². The lowest BCUT2D eigenvalue weighted by Crippen LogP contribution is -2.14. The Balaban J connectivity index is 1.36. The first-order chi connectivity index (χ1) is 13.6. The molecule has 0 aliphatic heterocycles. The van der Waals surface area contributed by atoms with Gasteiger partial charge >= 0.3 is 0 Å². The van der Waals surface area contributed by atoms with Crippen LogP contribution in [0.15, 0.2) is 60.9 Å². The number of aromatic nitrogens is 4. The second-order valence-electron chi connectivity index (χ2n) is 6.74. The standard InChI is InChI=1S/C21H20ClN5O/c1-15-5-4-6-16(11-15)13-26-14-17(12-23-26)24-20(28)9-10-27-19-8-3-2-7-18(19)21(22)25-27/h2-8,11-12,14H,9-10,13H2,1H3,(H,24,28). The molecular formula is C21H20ClN5O. The van der Waals surface area contributed by atoms with Gasteiger partial charge in [0.1, 0.15) is 0 Å². The Bertz CT molecular complexity index is 1130. The summed E-state index contributed by atoms with van der Waals surface area (Å²) in [5, 5.41) is 12.9. The lowest BCUT2D eigenvalue weighted by atomic mass is 10.1. The smallest absolute Gasteiger partial charge is 0.226 e. The van der Waals surface area contributed by atoms with E-state index in [9.17, 15) is 4.79 Å². The van der Waals surface area contributed by atoms with Gasteiger partial charge in [-0.1, -0.05) is 53.6 Å². The molecule has 0 saturated carbocycles. The van der Waals surface area contributed by atoms with Gasteiger partial charge in [0.05, 0.1) is 30.5 Å². The van der Waals surface area contributed by atoms with Gasteiger partial charge in [-0.3, -0.25) is 14.2 Å². The van der Waals surface area contributed by atoms with Gasteiger partial charge in [0.2, 0.25) is 5.91 Å². The van der Waals surface area contributed by atoms with E-state index in [1.807, 2.05) is 41.2 Å². The van der Waals surface area contributed by atoms with Crippen LogP contribution in [0.3, 0.4) is 0 Å². The van der Waals surface area contributed by atoms with E-state index in [2.05, 4.69) is 40.6 Å². The van der Waals surface area contributed by atoms with E-state index in [0.29, 0.717) is 30.4 Å². The second kappa shape index (κ2) is 7.86. The molecule has 0 spiro atoms. The number of rotatable bonds is 6. The van der Waals surface area contributed by atoms with Crippen molar-refractivity contribution in [3.05, 3.63) is 77.2 Å². The average molecular weight is 394 g/mol. The molecule has 7 heteroatoms. The van der Waals surface area contributed by atoms with Crippen molar-refractivity contribution >= 4 is 34.1 Å². The van der Waals surface area contributed by atoms with Crippen LogP contribution in [0.1, 0.15) is 17.5 Å². The Morgan fingerprint density at radius 2 is 2.04 bits per heavy atom. The number of nitrogens with zero attached hydrogens (tertiary/aromatic N) is 4. The van der Waals surface area contributed by atoms with Gasteiger partial charge in [-0.2, -0.15) is 10.2 Å². The Labute approximate surface area is 167 Å². The van der Waals surface area contributed by atoms with Crippen molar-refractivity contribution in [3.63, 3.8) is 0 Å². The van der Waals surface area contributed by atoms with E-state index in [4.69, 9.17) is 11.6 Å². The Morgan fingerprint density at radius 3 is 2.89 bits per heavy atom. The van der Waals surface area contributed by atoms with Crippen LogP contribution >= 0.6 is 11.6 Å². The third-order valence-electron chi connectivity index (χ3n) is 4.51. The number of fused-ring (bicyclic) bond motifs is 1. The molecule has 0 aliphatic carbocycles. The quantitative estimate of drug-likeness (QED) is 0.532. The first-order valence-electron chi connectivity index (χ1n) is 9.07. The molecule has 2 aromatic carbocycles. The minimum Gasteiger partial charge on any atom is -0.323 e. The number of hydrogen-bond acceptors (Lipinski definition) is 3. The number of carbonyl (C=O) groups excluding carboxylic acids is 1. The predicted molar refractivity (Wildman–Crippen MR) is 110 cm³/mol. The van der Waals surface area contributed by atoms with Crippen LogP contribution in [0, 0.1) is 6.92 Å². The summed E-state index contributed by atoms with van der Waals surface area (Å²) < 4.78 is 3.57. The molecule has 1 amide bonds. The highest BCUT2D eigenvalue weighted by Gasteiger charge is 2.10. The van der Waals surface area contributed by atoms with E-state index >= 15 is 0 Å². The largest absolute Gasteiger partial charge is 0.323 e. The Kier molecular flexibility index (Phi) is 5.12. The Hall–Kier alpha value is -3.12. The fourth-order valence-corrected chi connectivity index (χ4v) is 3.45. The molecule has 0 aliphatic rings. The number of halogens is 1. The first kappa shape index (κ1) is 18.3. The van der Waals surface area contributed by atoms with Crippen molar-refractivity contribution in [2.45, 2.75) is 26.4 Å². The minimum atomic E-state index is -0.0918. The van der Waals surface area contributed by atoms with Gasteiger partial charge in [-0.05, 0) is 24.6 Å². The van der Waals surface area contributed by atoms with Crippen molar-refractivity contribution in [2.75, 3.05) is 5.32 Å². The molecule has 6 nitrogen and oxygen atoms in total. The highest BCUT2D eigenvalue weighted by Crippen LogP contribution is 2.22. The molecule has 2 aromatic heterocycles. The maximum atomic E-state index is 12.3. The van der Waals surface area contributed by atoms with Gasteiger partial charge in [0.25, 0.3) is 0 Å². The van der Waals surface area contributed by atoms with Crippen molar-refractivity contribution in [1.29, 1.82) is 0 Å². The topological polar surface area (TPSA) is 64.7 Å². The molecular weight excluding hydrogens is 374 g/mol. The molecule has 4 rings (SSSR count). The molecule has 142 valence electrons. The SMILES string of the molecule is Cc1cccc(Cn2cc(NC(=O)CCn3nc(Cl)c4ccccc43)cn2)c1. The normalized spacial score (nSPS) is 11.1. The molecule has 28 heavy (non-hydrogen) atoms. The van der Waals surface area contributed by atoms with Crippen LogP contribution in [-0.4, -0.2) is 25.5 Å². The van der Waals surface area contributed by atoms with Crippen LogP contribution in [0.4, 0.5) is 5.69 Å². The van der Waals surface area contributed by atoms with Crippen LogP contribution in [0.25, 0.3) is 10.9 Å². The summed E-state index contributed by atoms with van der Waals surface area (Å²) in [5.74, 6) is -0.0918. The monoisotopic (exact) mass is 393 g/mol. The number of amides is 1. The van der Waals surface area contributed by atoms with E-state index in [1.54, 1.807) is 10.9 Å². The van der Waals surface area contributed by atoms with Crippen LogP contribution in [-0.2, 0) is 17.9 Å². The summed E-state index contributed by atoms with van der Waals surface area (Å²) in [4.78, 5) is 12.3. The molecule has 0 atom stereocenters. The first-order valence-corrected chi connectivity index (χ1v) is 9.45. The molecule has 0 radical (unpaired) electrons. The minimum absolute atomic E-state index is 0.0918. The maximum Gasteiger partial charge on any atom is 0.226 e. The summed E-state index contributed by atoms with van der Waals surface area (Å²) in [6.45, 7) is 3.18. The summed E-state index contributed by atoms with van der Waals surface area (Å²) >= 11 is 6.16. The lowest BCUT2D eigenvalue weighted by Gasteiger charge is -2.05. The Morgan fingerprint density at radius 1 is 1.18 bits per heavy atom. The number of para-hydroxylation sites is 1. The molecule has 0 bridgehead atoms. The highest BCUT2D eigenvalue weighted by molar-refractivity contribution is 6.34. The maximum absolute atomic E-state index is 12.3. The highest BCUT2D eigenvalue weighted by atomic mass is 35.5. The summed E-state index contributed by atoms with van der Waals surface area (Å²) in [5.41, 5.74) is 3.99. The van der Waals surface area contributed by atoms with Crippen LogP contribution in [0.2, 0.25) is 5.15 Å². The summed E-state index contributed by atoms with van der Waals surface area (Å²) in [7, 11) is 0. The number of anilines is 1. The predicted octanol–water partition coefficient (Wildman–Crippen LogP) is 4.27. The second-order valence-corrected chi connectivity index (χ2v) is 7.10. The number of aryl methyl sites for hydroxylation is 2. The number of nitrogens with one attached hydrogen (secondary N) is 1. The van der Waals surface area contributed by atoms with Crippen molar-refractivity contribution in [1.82, 2.24) is 19.6 Å². The van der Waals surface area contributed by atoms with E-state index in [1.165, 1.54) is 11.1 Å². The van der Waals surface area contributed by atoms with E-state index in [-0.39, 0.29) is 5.91 Å². The fourth-order valence-electron chi connectivity index (χ4n) is 3.20. The molecule has 0 fully saturated rings. The van der Waals surface area contributed by atoms with Gasteiger partial charge in [-0.25, -0.2) is 0 Å². The molecule has 2 heterocycles. The molecule has 0 unspecified atom stereocenters. The average Bonchev–Trinajstić information content (AvgIpc) is 3.24. The fraction of sp³-hybridized carbons (Fsp3) is 0.190. The number of hydrogen-bond donors (Lipinski definition) is 1. The lowest BCUT2D eigenvalue weighted by molar-refractivity contribution is -0.116. The summed E-state index contributed by atoms with van der Waals surface area (Å²) in [6.07, 6.45) is 3.79. The van der Waals surface area contributed by atoms with Crippen molar-refractivity contribution in [3.8, 4) is 0 Å². The third kappa shape index (κ3) is 4.07. The summed E-state index contributed by atoms with van der Waals surface area (Å²) in [6, 6.07) is 16.0. The van der Waals surface area contributed by atoms with Crippen molar-refractivity contribution in [2.24, 2.45) is 0 Å². The van der Waals surface area contributed by atoms with Crippen LogP contribution in [0.5, 0.6) is 0 Å². The van der Waals surface area contributed by atoms with E-state index in [0.717, 1.165) is 10.9 Å². The van der Waals surface area contributed by atoms with Crippen molar-refractivity contribution < 1.29 is 4.79 Å². The van der Waals surface area contributed by atoms with Gasteiger partial charge < -0.3 is 5.32 Å². The third-order valence-corrected chi connectivity index (χ3v) is 4.79. The number of benzene rings is 2. The molecule has 4 aromatic rings. The van der Waals surface area contributed by atoms with Gasteiger partial charge in [0.15, 0.2) is 5.15 Å². The number of carbonyl (C=O) groups is 1. The zero-order valence-corrected chi connectivity index (χ0v) is 16.2. The zero-order chi connectivity index (χ0) is 19.5. The molecule has 0 saturated heterocycles. The van der Waals surface area contributed by atoms with Gasteiger partial charge in [-0.15, -0.1) is 0 Å². The van der Waals surface area contributed by atoms with Crippen LogP contribution < -0.4 is 5.32 Å². The van der Waals surface area contributed by atoms with E-state index < -0.39 is 0 Å². The molecule has 1 N–H and O–H groups in total. The zero-order valence-electron chi connectivity index (χ0n) is 15.5.